The molecule has 1 N–H and O–H groups in total. The number of benzene rings is 2. The maximum Gasteiger partial charge on any atom is 0.265 e. The van der Waals surface area contributed by atoms with E-state index in [-0.39, 0.29) is 24.2 Å². The van der Waals surface area contributed by atoms with Crippen LogP contribution < -0.4 is 15.0 Å². The SMILES string of the molecule is CC(=O)c1ccc2c(c1)N(C(C)C(=O)Nc1cccc(C)c1)C(=O)CO2. The van der Waals surface area contributed by atoms with Gasteiger partial charge in [0.05, 0.1) is 5.69 Å². The number of nitrogens with zero attached hydrogens (tertiary/aromatic N) is 1. The summed E-state index contributed by atoms with van der Waals surface area (Å²) in [5.41, 5.74) is 2.58. The van der Waals surface area contributed by atoms with Crippen molar-refractivity contribution in [1.29, 1.82) is 0 Å². The number of anilines is 2. The quantitative estimate of drug-likeness (QED) is 0.859. The molecule has 1 aliphatic rings. The summed E-state index contributed by atoms with van der Waals surface area (Å²) in [6, 6.07) is 11.6. The van der Waals surface area contributed by atoms with E-state index in [9.17, 15) is 14.4 Å². The van der Waals surface area contributed by atoms with E-state index < -0.39 is 6.04 Å². The zero-order valence-electron chi connectivity index (χ0n) is 14.9. The molecule has 0 aliphatic carbocycles. The highest BCUT2D eigenvalue weighted by molar-refractivity contribution is 6.07. The van der Waals surface area contributed by atoms with Gasteiger partial charge in [-0.05, 0) is 56.7 Å². The molecule has 26 heavy (non-hydrogen) atoms. The van der Waals surface area contributed by atoms with Gasteiger partial charge in [-0.25, -0.2) is 0 Å². The minimum absolute atomic E-state index is 0.123. The molecule has 1 heterocycles. The highest BCUT2D eigenvalue weighted by Crippen LogP contribution is 2.34. The fourth-order valence-electron chi connectivity index (χ4n) is 2.90. The topological polar surface area (TPSA) is 75.7 Å². The summed E-state index contributed by atoms with van der Waals surface area (Å²) < 4.78 is 5.43. The number of Topliss-reactive ketones (excluding diaryl/α,β-unsaturated/α-hetero) is 1. The minimum Gasteiger partial charge on any atom is -0.482 e. The summed E-state index contributed by atoms with van der Waals surface area (Å²) in [6.45, 7) is 4.89. The number of hydrogen-bond acceptors (Lipinski definition) is 4. The lowest BCUT2D eigenvalue weighted by Crippen LogP contribution is -2.49. The van der Waals surface area contributed by atoms with Crippen LogP contribution in [0.3, 0.4) is 0 Å². The molecular formula is C20H20N2O4. The summed E-state index contributed by atoms with van der Waals surface area (Å²) in [4.78, 5) is 38.2. The van der Waals surface area contributed by atoms with Crippen LogP contribution in [0.4, 0.5) is 11.4 Å². The molecule has 1 unspecified atom stereocenters. The number of aryl methyl sites for hydroxylation is 1. The van der Waals surface area contributed by atoms with Crippen molar-refractivity contribution >= 4 is 29.0 Å². The van der Waals surface area contributed by atoms with Crippen LogP contribution >= 0.6 is 0 Å². The van der Waals surface area contributed by atoms with Gasteiger partial charge in [-0.3, -0.25) is 19.3 Å². The molecule has 134 valence electrons. The lowest BCUT2D eigenvalue weighted by atomic mass is 10.1. The molecular weight excluding hydrogens is 332 g/mol. The van der Waals surface area contributed by atoms with E-state index in [2.05, 4.69) is 5.32 Å². The molecule has 0 radical (unpaired) electrons. The molecule has 2 aromatic rings. The second-order valence-electron chi connectivity index (χ2n) is 6.33. The molecule has 2 amide bonds. The monoisotopic (exact) mass is 352 g/mol. The summed E-state index contributed by atoms with van der Waals surface area (Å²) >= 11 is 0. The first-order valence-electron chi connectivity index (χ1n) is 8.34. The first-order valence-corrected chi connectivity index (χ1v) is 8.34. The van der Waals surface area contributed by atoms with E-state index in [0.29, 0.717) is 22.7 Å². The maximum atomic E-state index is 12.7. The van der Waals surface area contributed by atoms with Crippen LogP contribution in [0, 0.1) is 6.92 Å². The van der Waals surface area contributed by atoms with E-state index >= 15 is 0 Å². The fraction of sp³-hybridized carbons (Fsp3) is 0.250. The lowest BCUT2D eigenvalue weighted by molar-refractivity contribution is -0.125. The largest absolute Gasteiger partial charge is 0.482 e. The average molecular weight is 352 g/mol. The third kappa shape index (κ3) is 3.44. The van der Waals surface area contributed by atoms with Gasteiger partial charge in [0.15, 0.2) is 12.4 Å². The molecule has 1 atom stereocenters. The first-order chi connectivity index (χ1) is 12.4. The Morgan fingerprint density at radius 1 is 1.19 bits per heavy atom. The molecule has 0 fully saturated rings. The van der Waals surface area contributed by atoms with Crippen molar-refractivity contribution in [3.05, 3.63) is 53.6 Å². The van der Waals surface area contributed by atoms with Crippen LogP contribution in [0.5, 0.6) is 5.75 Å². The van der Waals surface area contributed by atoms with Crippen LogP contribution in [0.2, 0.25) is 0 Å². The molecule has 1 aliphatic heterocycles. The van der Waals surface area contributed by atoms with Gasteiger partial charge in [-0.2, -0.15) is 0 Å². The Morgan fingerprint density at radius 3 is 2.65 bits per heavy atom. The average Bonchev–Trinajstić information content (AvgIpc) is 2.60. The van der Waals surface area contributed by atoms with Crippen molar-refractivity contribution < 1.29 is 19.1 Å². The van der Waals surface area contributed by atoms with Crippen molar-refractivity contribution in [2.45, 2.75) is 26.8 Å². The number of amides is 2. The zero-order chi connectivity index (χ0) is 18.8. The molecule has 0 bridgehead atoms. The zero-order valence-corrected chi connectivity index (χ0v) is 14.9. The highest BCUT2D eigenvalue weighted by Gasteiger charge is 2.33. The van der Waals surface area contributed by atoms with E-state index in [4.69, 9.17) is 4.74 Å². The van der Waals surface area contributed by atoms with Crippen molar-refractivity contribution in [2.75, 3.05) is 16.8 Å². The van der Waals surface area contributed by atoms with E-state index in [0.717, 1.165) is 5.56 Å². The summed E-state index contributed by atoms with van der Waals surface area (Å²) in [7, 11) is 0. The summed E-state index contributed by atoms with van der Waals surface area (Å²) in [5.74, 6) is -0.289. The Labute approximate surface area is 151 Å². The number of ether oxygens (including phenoxy) is 1. The Hall–Kier alpha value is -3.15. The fourth-order valence-corrected chi connectivity index (χ4v) is 2.90. The van der Waals surface area contributed by atoms with Crippen LogP contribution in [0.1, 0.15) is 29.8 Å². The molecule has 6 heteroatoms. The van der Waals surface area contributed by atoms with Gasteiger partial charge in [-0.15, -0.1) is 0 Å². The molecule has 0 aromatic heterocycles. The van der Waals surface area contributed by atoms with Crippen molar-refractivity contribution in [3.8, 4) is 5.75 Å². The van der Waals surface area contributed by atoms with E-state index in [1.165, 1.54) is 11.8 Å². The van der Waals surface area contributed by atoms with Crippen molar-refractivity contribution in [2.24, 2.45) is 0 Å². The highest BCUT2D eigenvalue weighted by atomic mass is 16.5. The van der Waals surface area contributed by atoms with Gasteiger partial charge in [0, 0.05) is 11.3 Å². The molecule has 0 saturated heterocycles. The Kier molecular flexibility index (Phi) is 4.75. The Balaban J connectivity index is 1.90. The maximum absolute atomic E-state index is 12.7. The Bertz CT molecular complexity index is 891. The first kappa shape index (κ1) is 17.7. The van der Waals surface area contributed by atoms with E-state index in [1.54, 1.807) is 31.2 Å². The van der Waals surface area contributed by atoms with Crippen LogP contribution in [-0.4, -0.2) is 30.2 Å². The number of rotatable bonds is 4. The number of carbonyl (C=O) groups excluding carboxylic acids is 3. The Morgan fingerprint density at radius 2 is 1.96 bits per heavy atom. The van der Waals surface area contributed by atoms with Crippen LogP contribution in [0.25, 0.3) is 0 Å². The molecule has 6 nitrogen and oxygen atoms in total. The van der Waals surface area contributed by atoms with Crippen LogP contribution in [-0.2, 0) is 9.59 Å². The predicted molar refractivity (Wildman–Crippen MR) is 98.7 cm³/mol. The molecule has 2 aromatic carbocycles. The van der Waals surface area contributed by atoms with Gasteiger partial charge >= 0.3 is 0 Å². The molecule has 0 spiro atoms. The third-order valence-corrected chi connectivity index (χ3v) is 4.30. The van der Waals surface area contributed by atoms with Gasteiger partial charge in [0.25, 0.3) is 5.91 Å². The number of ketones is 1. The van der Waals surface area contributed by atoms with Gasteiger partial charge in [0.1, 0.15) is 11.8 Å². The number of nitrogens with one attached hydrogen (secondary N) is 1. The second-order valence-corrected chi connectivity index (χ2v) is 6.33. The molecule has 3 rings (SSSR count). The smallest absolute Gasteiger partial charge is 0.265 e. The summed E-state index contributed by atoms with van der Waals surface area (Å²) in [6.07, 6.45) is 0. The van der Waals surface area contributed by atoms with Gasteiger partial charge < -0.3 is 10.1 Å². The molecule has 0 saturated carbocycles. The van der Waals surface area contributed by atoms with Crippen molar-refractivity contribution in [1.82, 2.24) is 0 Å². The minimum atomic E-state index is -0.757. The standard InChI is InChI=1S/C20H20N2O4/c1-12-5-4-6-16(9-12)21-20(25)13(2)22-17-10-15(14(3)23)7-8-18(17)26-11-19(22)24/h4-10,13H,11H2,1-3H3,(H,21,25). The second kappa shape index (κ2) is 7.00. The normalized spacial score (nSPS) is 14.3. The number of fused-ring (bicyclic) bond motifs is 1. The summed E-state index contributed by atoms with van der Waals surface area (Å²) in [5, 5.41) is 2.83. The number of hydrogen-bond donors (Lipinski definition) is 1. The predicted octanol–water partition coefficient (Wildman–Crippen LogP) is 2.95. The van der Waals surface area contributed by atoms with Gasteiger partial charge in [0.2, 0.25) is 5.91 Å². The number of carbonyl (C=O) groups is 3. The van der Waals surface area contributed by atoms with E-state index in [1.807, 2.05) is 25.1 Å². The third-order valence-electron chi connectivity index (χ3n) is 4.30. The lowest BCUT2D eigenvalue weighted by Gasteiger charge is -2.33. The van der Waals surface area contributed by atoms with Gasteiger partial charge in [-0.1, -0.05) is 12.1 Å². The van der Waals surface area contributed by atoms with Crippen LogP contribution in [0.15, 0.2) is 42.5 Å². The van der Waals surface area contributed by atoms with Crippen molar-refractivity contribution in [3.63, 3.8) is 0 Å².